The highest BCUT2D eigenvalue weighted by Crippen LogP contribution is 2.30. The van der Waals surface area contributed by atoms with Crippen molar-refractivity contribution in [3.8, 4) is 17.6 Å². The van der Waals surface area contributed by atoms with Crippen LogP contribution in [0.5, 0.6) is 11.5 Å². The Morgan fingerprint density at radius 2 is 2.29 bits per heavy atom. The molecule has 0 saturated carbocycles. The predicted octanol–water partition coefficient (Wildman–Crippen LogP) is 1.67. The van der Waals surface area contributed by atoms with Gasteiger partial charge in [-0.1, -0.05) is 0 Å². The standard InChI is InChI=1S/C10H12N2O2/c1-4-14-9-6-12-8(5-11)7(2)10(9)13-3/h6H,4H2,1-3H3. The van der Waals surface area contributed by atoms with Crippen molar-refractivity contribution in [1.29, 1.82) is 5.26 Å². The molecule has 0 N–H and O–H groups in total. The minimum absolute atomic E-state index is 0.366. The lowest BCUT2D eigenvalue weighted by Gasteiger charge is -2.11. The summed E-state index contributed by atoms with van der Waals surface area (Å²) in [5.74, 6) is 1.16. The van der Waals surface area contributed by atoms with Crippen molar-refractivity contribution in [2.75, 3.05) is 13.7 Å². The van der Waals surface area contributed by atoms with E-state index in [1.54, 1.807) is 14.0 Å². The van der Waals surface area contributed by atoms with Crippen LogP contribution in [0, 0.1) is 18.3 Å². The number of hydrogen-bond acceptors (Lipinski definition) is 4. The summed E-state index contributed by atoms with van der Waals surface area (Å²) < 4.78 is 10.5. The van der Waals surface area contributed by atoms with Crippen LogP contribution in [0.2, 0.25) is 0 Å². The molecule has 0 bridgehead atoms. The van der Waals surface area contributed by atoms with E-state index >= 15 is 0 Å². The molecule has 74 valence electrons. The molecule has 0 aliphatic carbocycles. The molecule has 0 amide bonds. The van der Waals surface area contributed by atoms with Gasteiger partial charge in [-0.05, 0) is 13.8 Å². The lowest BCUT2D eigenvalue weighted by molar-refractivity contribution is 0.308. The molecule has 1 heterocycles. The lowest BCUT2D eigenvalue weighted by atomic mass is 10.2. The monoisotopic (exact) mass is 192 g/mol. The Morgan fingerprint density at radius 3 is 2.79 bits per heavy atom. The highest BCUT2D eigenvalue weighted by atomic mass is 16.5. The molecule has 0 aliphatic heterocycles. The molecule has 1 aromatic rings. The van der Waals surface area contributed by atoms with Gasteiger partial charge in [0.25, 0.3) is 0 Å². The van der Waals surface area contributed by atoms with E-state index in [4.69, 9.17) is 14.7 Å². The average molecular weight is 192 g/mol. The van der Waals surface area contributed by atoms with Gasteiger partial charge in [0.2, 0.25) is 0 Å². The molecule has 0 fully saturated rings. The van der Waals surface area contributed by atoms with Crippen molar-refractivity contribution in [2.45, 2.75) is 13.8 Å². The Balaban J connectivity index is 3.23. The van der Waals surface area contributed by atoms with Crippen LogP contribution in [-0.2, 0) is 0 Å². The molecule has 4 heteroatoms. The number of nitrogens with zero attached hydrogens (tertiary/aromatic N) is 2. The van der Waals surface area contributed by atoms with Gasteiger partial charge < -0.3 is 9.47 Å². The predicted molar refractivity (Wildman–Crippen MR) is 51.4 cm³/mol. The van der Waals surface area contributed by atoms with Crippen molar-refractivity contribution in [2.24, 2.45) is 0 Å². The summed E-state index contributed by atoms with van der Waals surface area (Å²) >= 11 is 0. The molecular formula is C10H12N2O2. The second-order valence-electron chi connectivity index (χ2n) is 2.67. The third-order valence-corrected chi connectivity index (χ3v) is 1.84. The van der Waals surface area contributed by atoms with E-state index < -0.39 is 0 Å². The molecule has 1 aromatic heterocycles. The van der Waals surface area contributed by atoms with E-state index in [0.29, 0.717) is 29.4 Å². The van der Waals surface area contributed by atoms with Crippen LogP contribution >= 0.6 is 0 Å². The second-order valence-corrected chi connectivity index (χ2v) is 2.67. The fourth-order valence-corrected chi connectivity index (χ4v) is 1.20. The summed E-state index contributed by atoms with van der Waals surface area (Å²) in [6, 6.07) is 1.99. The maximum absolute atomic E-state index is 8.75. The Hall–Kier alpha value is -1.76. The van der Waals surface area contributed by atoms with Crippen LogP contribution in [0.4, 0.5) is 0 Å². The van der Waals surface area contributed by atoms with Crippen LogP contribution in [0.25, 0.3) is 0 Å². The first kappa shape index (κ1) is 10.3. The molecule has 0 atom stereocenters. The molecule has 0 radical (unpaired) electrons. The first-order valence-corrected chi connectivity index (χ1v) is 4.31. The van der Waals surface area contributed by atoms with E-state index in [0.717, 1.165) is 0 Å². The van der Waals surface area contributed by atoms with Gasteiger partial charge >= 0.3 is 0 Å². The summed E-state index contributed by atoms with van der Waals surface area (Å²) in [6.07, 6.45) is 1.51. The Kier molecular flexibility index (Phi) is 3.29. The largest absolute Gasteiger partial charge is 0.492 e. The van der Waals surface area contributed by atoms with Gasteiger partial charge in [-0.3, -0.25) is 0 Å². The summed E-state index contributed by atoms with van der Waals surface area (Å²) in [6.45, 7) is 4.21. The number of pyridine rings is 1. The molecule has 14 heavy (non-hydrogen) atoms. The summed E-state index contributed by atoms with van der Waals surface area (Å²) in [5, 5.41) is 8.75. The highest BCUT2D eigenvalue weighted by molar-refractivity contribution is 5.49. The molecule has 0 spiro atoms. The van der Waals surface area contributed by atoms with E-state index in [1.807, 2.05) is 13.0 Å². The van der Waals surface area contributed by atoms with Crippen molar-refractivity contribution < 1.29 is 9.47 Å². The summed E-state index contributed by atoms with van der Waals surface area (Å²) in [5.41, 5.74) is 1.08. The highest BCUT2D eigenvalue weighted by Gasteiger charge is 2.12. The quantitative estimate of drug-likeness (QED) is 0.731. The van der Waals surface area contributed by atoms with Gasteiger partial charge in [-0.25, -0.2) is 4.98 Å². The van der Waals surface area contributed by atoms with Crippen molar-refractivity contribution in [3.63, 3.8) is 0 Å². The topological polar surface area (TPSA) is 55.1 Å². The molecule has 0 saturated heterocycles. The molecule has 0 unspecified atom stereocenters. The van der Waals surface area contributed by atoms with Gasteiger partial charge in [0.15, 0.2) is 11.5 Å². The van der Waals surface area contributed by atoms with Gasteiger partial charge in [0, 0.05) is 5.56 Å². The molecule has 1 rings (SSSR count). The fourth-order valence-electron chi connectivity index (χ4n) is 1.20. The summed E-state index contributed by atoms with van der Waals surface area (Å²) in [7, 11) is 1.55. The van der Waals surface area contributed by atoms with Crippen molar-refractivity contribution in [3.05, 3.63) is 17.5 Å². The van der Waals surface area contributed by atoms with Crippen LogP contribution in [0.15, 0.2) is 6.20 Å². The van der Waals surface area contributed by atoms with Gasteiger partial charge in [-0.15, -0.1) is 0 Å². The SMILES string of the molecule is CCOc1cnc(C#N)c(C)c1OC. The molecular weight excluding hydrogens is 180 g/mol. The molecule has 4 nitrogen and oxygen atoms in total. The number of hydrogen-bond donors (Lipinski definition) is 0. The second kappa shape index (κ2) is 4.47. The number of nitriles is 1. The fraction of sp³-hybridized carbons (Fsp3) is 0.400. The Morgan fingerprint density at radius 1 is 1.57 bits per heavy atom. The van der Waals surface area contributed by atoms with E-state index in [1.165, 1.54) is 6.20 Å². The van der Waals surface area contributed by atoms with Crippen LogP contribution < -0.4 is 9.47 Å². The lowest BCUT2D eigenvalue weighted by Crippen LogP contribution is -2.00. The van der Waals surface area contributed by atoms with Gasteiger partial charge in [0.05, 0.1) is 19.9 Å². The molecule has 0 aromatic carbocycles. The maximum Gasteiger partial charge on any atom is 0.179 e. The van der Waals surface area contributed by atoms with E-state index in [2.05, 4.69) is 4.98 Å². The Bertz CT molecular complexity index is 369. The van der Waals surface area contributed by atoms with E-state index in [-0.39, 0.29) is 0 Å². The van der Waals surface area contributed by atoms with Crippen LogP contribution in [0.1, 0.15) is 18.2 Å². The zero-order chi connectivity index (χ0) is 10.6. The third-order valence-electron chi connectivity index (χ3n) is 1.84. The third kappa shape index (κ3) is 1.77. The van der Waals surface area contributed by atoms with Crippen molar-refractivity contribution >= 4 is 0 Å². The van der Waals surface area contributed by atoms with Crippen molar-refractivity contribution in [1.82, 2.24) is 4.98 Å². The van der Waals surface area contributed by atoms with Crippen LogP contribution in [0.3, 0.4) is 0 Å². The zero-order valence-corrected chi connectivity index (χ0v) is 8.50. The number of rotatable bonds is 3. The van der Waals surface area contributed by atoms with E-state index in [9.17, 15) is 0 Å². The Labute approximate surface area is 83.1 Å². The average Bonchev–Trinajstić information content (AvgIpc) is 2.19. The van der Waals surface area contributed by atoms with Crippen LogP contribution in [-0.4, -0.2) is 18.7 Å². The smallest absolute Gasteiger partial charge is 0.179 e. The molecule has 0 aliphatic rings. The minimum atomic E-state index is 0.366. The maximum atomic E-state index is 8.75. The van der Waals surface area contributed by atoms with Gasteiger partial charge in [-0.2, -0.15) is 5.26 Å². The first-order valence-electron chi connectivity index (χ1n) is 4.31. The number of methoxy groups -OCH3 is 1. The van der Waals surface area contributed by atoms with Gasteiger partial charge in [0.1, 0.15) is 11.8 Å². The summed E-state index contributed by atoms with van der Waals surface area (Å²) in [4.78, 5) is 3.96. The first-order chi connectivity index (χ1) is 6.74. The number of ether oxygens (including phenoxy) is 2. The normalized spacial score (nSPS) is 9.29. The number of aromatic nitrogens is 1. The minimum Gasteiger partial charge on any atom is -0.492 e. The zero-order valence-electron chi connectivity index (χ0n) is 8.50.